The summed E-state index contributed by atoms with van der Waals surface area (Å²) >= 11 is 0. The minimum atomic E-state index is -0.591. The average Bonchev–Trinajstić information content (AvgIpc) is 3.43. The monoisotopic (exact) mass is 418 g/mol. The Hall–Kier alpha value is -3.87. The maximum Gasteiger partial charge on any atom is 0.311 e. The van der Waals surface area contributed by atoms with Crippen molar-refractivity contribution in [3.63, 3.8) is 0 Å². The topological polar surface area (TPSA) is 88.9 Å². The lowest BCUT2D eigenvalue weighted by Crippen LogP contribution is -2.28. The van der Waals surface area contributed by atoms with E-state index in [1.165, 1.54) is 6.26 Å². The fraction of sp³-hybridized carbons (Fsp3) is 0.208. The third-order valence-corrected chi connectivity index (χ3v) is 5.11. The molecule has 3 aromatic rings. The Balaban J connectivity index is 1.31. The van der Waals surface area contributed by atoms with Crippen molar-refractivity contribution in [1.82, 2.24) is 4.90 Å². The van der Waals surface area contributed by atoms with Gasteiger partial charge in [-0.1, -0.05) is 48.5 Å². The van der Waals surface area contributed by atoms with Gasteiger partial charge in [-0.2, -0.15) is 0 Å². The molecule has 4 rings (SSSR count). The Labute approximate surface area is 179 Å². The number of furan rings is 1. The van der Waals surface area contributed by atoms with Crippen LogP contribution in [0.5, 0.6) is 0 Å². The van der Waals surface area contributed by atoms with E-state index in [0.717, 1.165) is 11.1 Å². The van der Waals surface area contributed by atoms with Gasteiger partial charge in [-0.15, -0.1) is 0 Å². The van der Waals surface area contributed by atoms with Gasteiger partial charge in [0.25, 0.3) is 5.91 Å². The van der Waals surface area contributed by atoms with E-state index in [9.17, 15) is 14.4 Å². The van der Waals surface area contributed by atoms with Crippen LogP contribution in [0.15, 0.2) is 77.4 Å². The van der Waals surface area contributed by atoms with Crippen molar-refractivity contribution in [2.24, 2.45) is 5.92 Å². The number of nitrogens with zero attached hydrogens (tertiary/aromatic N) is 1. The van der Waals surface area contributed by atoms with E-state index in [4.69, 9.17) is 9.15 Å². The van der Waals surface area contributed by atoms with Crippen molar-refractivity contribution in [2.45, 2.75) is 13.0 Å². The van der Waals surface area contributed by atoms with Crippen LogP contribution in [0.2, 0.25) is 0 Å². The van der Waals surface area contributed by atoms with Crippen molar-refractivity contribution in [2.75, 3.05) is 18.5 Å². The minimum Gasteiger partial charge on any atom is -0.467 e. The Morgan fingerprint density at radius 3 is 2.58 bits per heavy atom. The van der Waals surface area contributed by atoms with Gasteiger partial charge in [0.2, 0.25) is 5.91 Å². The number of rotatable bonds is 7. The molecule has 1 aliphatic heterocycles. The number of ether oxygens (including phenoxy) is 1. The van der Waals surface area contributed by atoms with Gasteiger partial charge in [-0.3, -0.25) is 14.4 Å². The largest absolute Gasteiger partial charge is 0.467 e. The van der Waals surface area contributed by atoms with Crippen molar-refractivity contribution in [1.29, 1.82) is 0 Å². The molecule has 7 nitrogen and oxygen atoms in total. The molecule has 1 N–H and O–H groups in total. The molecule has 2 aromatic carbocycles. The first-order valence-corrected chi connectivity index (χ1v) is 10.0. The first kappa shape index (κ1) is 20.4. The molecule has 0 bridgehead atoms. The van der Waals surface area contributed by atoms with Crippen molar-refractivity contribution >= 4 is 23.5 Å². The van der Waals surface area contributed by atoms with Crippen LogP contribution in [-0.4, -0.2) is 35.8 Å². The fourth-order valence-electron chi connectivity index (χ4n) is 3.58. The van der Waals surface area contributed by atoms with Gasteiger partial charge in [0.15, 0.2) is 6.61 Å². The third kappa shape index (κ3) is 5.01. The summed E-state index contributed by atoms with van der Waals surface area (Å²) < 4.78 is 10.4. The van der Waals surface area contributed by atoms with Crippen LogP contribution in [0.1, 0.15) is 12.2 Å². The standard InChI is InChI=1S/C24H22N2O5/c27-22(25-21-11-5-4-10-20(21)17-7-2-1-3-8-17)16-31-24(29)18-13-23(28)26(14-18)15-19-9-6-12-30-19/h1-12,18H,13-16H2,(H,25,27)/t18-/m1/s1. The number of esters is 1. The zero-order chi connectivity index (χ0) is 21.6. The highest BCUT2D eigenvalue weighted by Crippen LogP contribution is 2.27. The molecule has 0 unspecified atom stereocenters. The molecule has 0 radical (unpaired) electrons. The Bertz CT molecular complexity index is 1060. The number of likely N-dealkylation sites (tertiary alicyclic amines) is 1. The molecule has 1 fully saturated rings. The van der Waals surface area contributed by atoms with E-state index in [-0.39, 0.29) is 18.9 Å². The zero-order valence-electron chi connectivity index (χ0n) is 16.8. The molecule has 1 saturated heterocycles. The van der Waals surface area contributed by atoms with Crippen LogP contribution in [0.3, 0.4) is 0 Å². The highest BCUT2D eigenvalue weighted by molar-refractivity contribution is 5.97. The second-order valence-electron chi connectivity index (χ2n) is 7.32. The SMILES string of the molecule is O=C(COC(=O)[C@@H]1CC(=O)N(Cc2ccco2)C1)Nc1ccccc1-c1ccccc1. The highest BCUT2D eigenvalue weighted by Gasteiger charge is 2.35. The van der Waals surface area contributed by atoms with Crippen LogP contribution in [-0.2, 0) is 25.7 Å². The van der Waals surface area contributed by atoms with E-state index < -0.39 is 24.4 Å². The van der Waals surface area contributed by atoms with Crippen LogP contribution in [0, 0.1) is 5.92 Å². The van der Waals surface area contributed by atoms with Gasteiger partial charge in [0.05, 0.1) is 18.7 Å². The molecule has 0 saturated carbocycles. The average molecular weight is 418 g/mol. The number of carbonyl (C=O) groups is 3. The summed E-state index contributed by atoms with van der Waals surface area (Å²) in [7, 11) is 0. The molecule has 0 aliphatic carbocycles. The summed E-state index contributed by atoms with van der Waals surface area (Å²) in [6, 6.07) is 20.6. The lowest BCUT2D eigenvalue weighted by molar-refractivity contribution is -0.151. The molecule has 31 heavy (non-hydrogen) atoms. The summed E-state index contributed by atoms with van der Waals surface area (Å²) in [6.07, 6.45) is 1.61. The predicted molar refractivity (Wildman–Crippen MR) is 114 cm³/mol. The van der Waals surface area contributed by atoms with Crippen LogP contribution >= 0.6 is 0 Å². The summed E-state index contributed by atoms with van der Waals surface area (Å²) in [5, 5.41) is 2.80. The molecular formula is C24H22N2O5. The van der Waals surface area contributed by atoms with Crippen LogP contribution in [0.4, 0.5) is 5.69 Å². The number of hydrogen-bond acceptors (Lipinski definition) is 5. The van der Waals surface area contributed by atoms with Crippen LogP contribution < -0.4 is 5.32 Å². The number of para-hydroxylation sites is 1. The van der Waals surface area contributed by atoms with Gasteiger partial charge >= 0.3 is 5.97 Å². The molecule has 2 heterocycles. The zero-order valence-corrected chi connectivity index (χ0v) is 16.8. The second-order valence-corrected chi connectivity index (χ2v) is 7.32. The lowest BCUT2D eigenvalue weighted by atomic mass is 10.0. The van der Waals surface area contributed by atoms with Crippen LogP contribution in [0.25, 0.3) is 11.1 Å². The van der Waals surface area contributed by atoms with Gasteiger partial charge in [0.1, 0.15) is 5.76 Å². The van der Waals surface area contributed by atoms with Gasteiger partial charge < -0.3 is 19.4 Å². The summed E-state index contributed by atoms with van der Waals surface area (Å²) in [5.74, 6) is -1.07. The number of carbonyl (C=O) groups excluding carboxylic acids is 3. The van der Waals surface area contributed by atoms with E-state index in [0.29, 0.717) is 18.0 Å². The highest BCUT2D eigenvalue weighted by atomic mass is 16.5. The molecular weight excluding hydrogens is 396 g/mol. The number of nitrogens with one attached hydrogen (secondary N) is 1. The number of anilines is 1. The first-order valence-electron chi connectivity index (χ1n) is 10.0. The number of benzene rings is 2. The smallest absolute Gasteiger partial charge is 0.311 e. The lowest BCUT2D eigenvalue weighted by Gasteiger charge is -2.15. The minimum absolute atomic E-state index is 0.0675. The Morgan fingerprint density at radius 1 is 1.03 bits per heavy atom. The maximum atomic E-state index is 12.4. The molecule has 1 atom stereocenters. The summed E-state index contributed by atoms with van der Waals surface area (Å²) in [5.41, 5.74) is 2.48. The van der Waals surface area contributed by atoms with E-state index in [1.54, 1.807) is 23.1 Å². The number of hydrogen-bond donors (Lipinski definition) is 1. The normalized spacial score (nSPS) is 15.7. The Morgan fingerprint density at radius 2 is 1.81 bits per heavy atom. The summed E-state index contributed by atoms with van der Waals surface area (Å²) in [6.45, 7) is 0.147. The third-order valence-electron chi connectivity index (χ3n) is 5.11. The fourth-order valence-corrected chi connectivity index (χ4v) is 3.58. The van der Waals surface area contributed by atoms with Gasteiger partial charge in [-0.25, -0.2) is 0 Å². The first-order chi connectivity index (χ1) is 15.1. The predicted octanol–water partition coefficient (Wildman–Crippen LogP) is 3.48. The van der Waals surface area contributed by atoms with Crippen molar-refractivity contribution < 1.29 is 23.5 Å². The van der Waals surface area contributed by atoms with Crippen molar-refractivity contribution in [3.05, 3.63) is 78.8 Å². The molecule has 158 valence electrons. The molecule has 0 spiro atoms. The second kappa shape index (κ2) is 9.30. The molecule has 7 heteroatoms. The van der Waals surface area contributed by atoms with Gasteiger partial charge in [0, 0.05) is 24.2 Å². The quantitative estimate of drug-likeness (QED) is 0.594. The molecule has 1 aliphatic rings. The van der Waals surface area contributed by atoms with Gasteiger partial charge in [-0.05, 0) is 23.8 Å². The Kier molecular flexibility index (Phi) is 6.12. The number of amides is 2. The molecule has 1 aromatic heterocycles. The summed E-state index contributed by atoms with van der Waals surface area (Å²) in [4.78, 5) is 38.5. The van der Waals surface area contributed by atoms with Crippen molar-refractivity contribution in [3.8, 4) is 11.1 Å². The van der Waals surface area contributed by atoms with E-state index >= 15 is 0 Å². The van der Waals surface area contributed by atoms with E-state index in [1.807, 2.05) is 48.5 Å². The van der Waals surface area contributed by atoms with E-state index in [2.05, 4.69) is 5.32 Å². The maximum absolute atomic E-state index is 12.4. The molecule has 2 amide bonds.